The Morgan fingerprint density at radius 3 is 2.78 bits per heavy atom. The van der Waals surface area contributed by atoms with E-state index in [9.17, 15) is 0 Å². The second-order valence-corrected chi connectivity index (χ2v) is 5.80. The van der Waals surface area contributed by atoms with Crippen molar-refractivity contribution in [1.29, 1.82) is 0 Å². The van der Waals surface area contributed by atoms with Gasteiger partial charge in [0.2, 0.25) is 0 Å². The highest BCUT2D eigenvalue weighted by molar-refractivity contribution is 6.33. The van der Waals surface area contributed by atoms with Crippen molar-refractivity contribution in [1.82, 2.24) is 0 Å². The average Bonchev–Trinajstić information content (AvgIpc) is 2.54. The fourth-order valence-electron chi connectivity index (χ4n) is 2.67. The fourth-order valence-corrected chi connectivity index (χ4v) is 2.97. The van der Waals surface area contributed by atoms with Gasteiger partial charge in [0.05, 0.1) is 10.7 Å². The summed E-state index contributed by atoms with van der Waals surface area (Å²) < 4.78 is 0. The molecule has 1 fully saturated rings. The molecule has 1 unspecified atom stereocenters. The van der Waals surface area contributed by atoms with Crippen LogP contribution in [-0.4, -0.2) is 12.6 Å². The van der Waals surface area contributed by atoms with Gasteiger partial charge in [-0.05, 0) is 44.4 Å². The molecule has 100 valence electrons. The van der Waals surface area contributed by atoms with Crippen LogP contribution in [-0.2, 0) is 0 Å². The molecular weight excluding hydrogens is 244 g/mol. The monoisotopic (exact) mass is 266 g/mol. The van der Waals surface area contributed by atoms with E-state index in [1.807, 2.05) is 13.0 Å². The maximum atomic E-state index is 6.43. The van der Waals surface area contributed by atoms with Gasteiger partial charge in [-0.25, -0.2) is 0 Å². The van der Waals surface area contributed by atoms with E-state index < -0.39 is 0 Å². The first-order chi connectivity index (χ1) is 8.59. The Morgan fingerprint density at radius 1 is 1.33 bits per heavy atom. The summed E-state index contributed by atoms with van der Waals surface area (Å²) >= 11 is 6.43. The van der Waals surface area contributed by atoms with Crippen molar-refractivity contribution in [3.63, 3.8) is 0 Å². The van der Waals surface area contributed by atoms with E-state index in [1.165, 1.54) is 25.7 Å². The molecule has 2 rings (SSSR count). The lowest BCUT2D eigenvalue weighted by Crippen LogP contribution is -2.32. The van der Waals surface area contributed by atoms with E-state index >= 15 is 0 Å². The van der Waals surface area contributed by atoms with Crippen LogP contribution in [0, 0.1) is 0 Å². The van der Waals surface area contributed by atoms with Gasteiger partial charge in [0.25, 0.3) is 0 Å². The number of hydrogen-bond donors (Lipinski definition) is 1. The van der Waals surface area contributed by atoms with Gasteiger partial charge in [-0.15, -0.1) is 0 Å². The molecule has 0 saturated carbocycles. The van der Waals surface area contributed by atoms with E-state index in [4.69, 9.17) is 17.3 Å². The van der Waals surface area contributed by atoms with Crippen molar-refractivity contribution < 1.29 is 0 Å². The zero-order valence-corrected chi connectivity index (χ0v) is 12.1. The average molecular weight is 267 g/mol. The number of nitrogens with two attached hydrogens (primary N) is 1. The molecule has 1 saturated heterocycles. The van der Waals surface area contributed by atoms with Crippen molar-refractivity contribution in [3.05, 3.63) is 28.8 Å². The highest BCUT2D eigenvalue weighted by atomic mass is 35.5. The number of benzene rings is 1. The van der Waals surface area contributed by atoms with Crippen molar-refractivity contribution in [2.45, 2.75) is 51.6 Å². The summed E-state index contributed by atoms with van der Waals surface area (Å²) in [4.78, 5) is 2.44. The molecule has 1 aliphatic heterocycles. The van der Waals surface area contributed by atoms with Gasteiger partial charge in [-0.2, -0.15) is 0 Å². The van der Waals surface area contributed by atoms with Crippen LogP contribution in [0.25, 0.3) is 0 Å². The van der Waals surface area contributed by atoms with E-state index in [1.54, 1.807) is 0 Å². The number of hydrogen-bond acceptors (Lipinski definition) is 2. The summed E-state index contributed by atoms with van der Waals surface area (Å²) in [6.07, 6.45) is 5.17. The number of anilines is 1. The second kappa shape index (κ2) is 5.94. The van der Waals surface area contributed by atoms with Gasteiger partial charge in [0.15, 0.2) is 0 Å². The summed E-state index contributed by atoms with van der Waals surface area (Å²) in [7, 11) is 0. The van der Waals surface area contributed by atoms with E-state index in [2.05, 4.69) is 24.0 Å². The smallest absolute Gasteiger partial charge is 0.0642 e. The first-order valence-electron chi connectivity index (χ1n) is 6.91. The summed E-state index contributed by atoms with van der Waals surface area (Å²) in [6.45, 7) is 5.39. The van der Waals surface area contributed by atoms with Crippen LogP contribution < -0.4 is 10.6 Å². The minimum atomic E-state index is 0.0399. The largest absolute Gasteiger partial charge is 0.368 e. The van der Waals surface area contributed by atoms with Crippen molar-refractivity contribution in [2.75, 3.05) is 11.4 Å². The first kappa shape index (κ1) is 13.7. The third-order valence-electron chi connectivity index (χ3n) is 3.86. The maximum absolute atomic E-state index is 6.43. The van der Waals surface area contributed by atoms with Gasteiger partial charge in [-0.1, -0.05) is 30.5 Å². The summed E-state index contributed by atoms with van der Waals surface area (Å²) in [5.74, 6) is 0. The Kier molecular flexibility index (Phi) is 4.52. The van der Waals surface area contributed by atoms with Crippen LogP contribution in [0.1, 0.15) is 51.1 Å². The Balaban J connectivity index is 2.26. The predicted octanol–water partition coefficient (Wildman–Crippen LogP) is 4.13. The number of rotatable bonds is 2. The van der Waals surface area contributed by atoms with Gasteiger partial charge in [0.1, 0.15) is 0 Å². The van der Waals surface area contributed by atoms with Crippen LogP contribution in [0.3, 0.4) is 0 Å². The zero-order chi connectivity index (χ0) is 13.1. The molecule has 1 aromatic carbocycles. The molecule has 18 heavy (non-hydrogen) atoms. The van der Waals surface area contributed by atoms with Gasteiger partial charge < -0.3 is 10.6 Å². The van der Waals surface area contributed by atoms with Crippen molar-refractivity contribution >= 4 is 17.3 Å². The van der Waals surface area contributed by atoms with Gasteiger partial charge in [0, 0.05) is 18.6 Å². The van der Waals surface area contributed by atoms with E-state index in [0.29, 0.717) is 6.04 Å². The molecule has 2 atom stereocenters. The maximum Gasteiger partial charge on any atom is 0.0642 e. The normalized spacial score (nSPS) is 22.7. The fraction of sp³-hybridized carbons (Fsp3) is 0.600. The van der Waals surface area contributed by atoms with Crippen molar-refractivity contribution in [2.24, 2.45) is 5.73 Å². The Hall–Kier alpha value is -0.730. The van der Waals surface area contributed by atoms with Crippen LogP contribution in [0.15, 0.2) is 18.2 Å². The topological polar surface area (TPSA) is 29.3 Å². The Morgan fingerprint density at radius 2 is 2.11 bits per heavy atom. The molecule has 3 heteroatoms. The highest BCUT2D eigenvalue weighted by Crippen LogP contribution is 2.32. The molecule has 0 aromatic heterocycles. The van der Waals surface area contributed by atoms with Gasteiger partial charge >= 0.3 is 0 Å². The molecule has 1 heterocycles. The quantitative estimate of drug-likeness (QED) is 0.872. The minimum Gasteiger partial charge on any atom is -0.368 e. The molecule has 2 nitrogen and oxygen atoms in total. The molecular formula is C15H23ClN2. The Labute approximate surface area is 115 Å². The molecule has 0 aliphatic carbocycles. The molecule has 0 spiro atoms. The number of halogens is 1. The van der Waals surface area contributed by atoms with Crippen LogP contribution in [0.5, 0.6) is 0 Å². The SMILES string of the molecule is CC1CCCCCN1c1ccc([C@H](C)N)cc1Cl. The van der Waals surface area contributed by atoms with Crippen LogP contribution >= 0.6 is 11.6 Å². The predicted molar refractivity (Wildman–Crippen MR) is 79.3 cm³/mol. The molecule has 1 aromatic rings. The summed E-state index contributed by atoms with van der Waals surface area (Å²) in [5.41, 5.74) is 8.16. The van der Waals surface area contributed by atoms with E-state index in [0.717, 1.165) is 22.8 Å². The lowest BCUT2D eigenvalue weighted by Gasteiger charge is -2.30. The lowest BCUT2D eigenvalue weighted by molar-refractivity contribution is 0.616. The third-order valence-corrected chi connectivity index (χ3v) is 4.16. The van der Waals surface area contributed by atoms with Crippen molar-refractivity contribution in [3.8, 4) is 0 Å². The number of nitrogens with zero attached hydrogens (tertiary/aromatic N) is 1. The minimum absolute atomic E-state index is 0.0399. The Bertz CT molecular complexity index is 403. The summed E-state index contributed by atoms with van der Waals surface area (Å²) in [5, 5.41) is 0.832. The summed E-state index contributed by atoms with van der Waals surface area (Å²) in [6, 6.07) is 6.86. The van der Waals surface area contributed by atoms with Crippen LogP contribution in [0.4, 0.5) is 5.69 Å². The third kappa shape index (κ3) is 2.99. The molecule has 1 aliphatic rings. The first-order valence-corrected chi connectivity index (χ1v) is 7.29. The molecule has 2 N–H and O–H groups in total. The standard InChI is InChI=1S/C15H23ClN2/c1-11-6-4-3-5-9-18(11)15-8-7-13(12(2)17)10-14(15)16/h7-8,10-12H,3-6,9,17H2,1-2H3/t11?,12-/m0/s1. The van der Waals surface area contributed by atoms with Gasteiger partial charge in [-0.3, -0.25) is 0 Å². The zero-order valence-electron chi connectivity index (χ0n) is 11.3. The highest BCUT2D eigenvalue weighted by Gasteiger charge is 2.19. The molecule has 0 radical (unpaired) electrons. The van der Waals surface area contributed by atoms with Crippen LogP contribution in [0.2, 0.25) is 5.02 Å². The molecule has 0 bridgehead atoms. The lowest BCUT2D eigenvalue weighted by atomic mass is 10.1. The molecule has 0 amide bonds. The van der Waals surface area contributed by atoms with E-state index in [-0.39, 0.29) is 6.04 Å². The second-order valence-electron chi connectivity index (χ2n) is 5.39.